The summed E-state index contributed by atoms with van der Waals surface area (Å²) < 4.78 is 2.56. The summed E-state index contributed by atoms with van der Waals surface area (Å²) in [4.78, 5) is 0. The molecule has 0 fully saturated rings. The van der Waals surface area contributed by atoms with Crippen LogP contribution < -0.4 is 0 Å². The largest absolute Gasteiger partial charge is 0.268 e. The molecule has 0 saturated carbocycles. The number of nitrogens with zero attached hydrogens (tertiary/aromatic N) is 2. The van der Waals surface area contributed by atoms with Crippen LogP contribution in [0, 0.1) is 11.7 Å². The predicted molar refractivity (Wildman–Crippen MR) is 78.9 cm³/mol. The number of aromatic nitrogens is 3. The summed E-state index contributed by atoms with van der Waals surface area (Å²) in [6.07, 6.45) is 0. The van der Waals surface area contributed by atoms with Gasteiger partial charge in [-0.2, -0.15) is 5.10 Å². The molecular formula is C15H13N3S. The first kappa shape index (κ1) is 11.9. The number of hydrogen-bond donors (Lipinski definition) is 1. The molecule has 19 heavy (non-hydrogen) atoms. The molecule has 4 heteroatoms. The third kappa shape index (κ3) is 2.11. The highest BCUT2D eigenvalue weighted by Gasteiger charge is 2.11. The molecule has 1 heterocycles. The summed E-state index contributed by atoms with van der Waals surface area (Å²) in [5.41, 5.74) is 3.27. The summed E-state index contributed by atoms with van der Waals surface area (Å²) in [5, 5.41) is 7.25. The van der Waals surface area contributed by atoms with Crippen LogP contribution in [0.1, 0.15) is 5.56 Å². The maximum Gasteiger partial charge on any atom is 0.200 e. The lowest BCUT2D eigenvalue weighted by Gasteiger charge is -2.08. The monoisotopic (exact) mass is 267 g/mol. The molecule has 3 rings (SSSR count). The van der Waals surface area contributed by atoms with Crippen LogP contribution >= 0.6 is 12.2 Å². The number of H-pyrrole nitrogens is 1. The lowest BCUT2D eigenvalue weighted by molar-refractivity contribution is 1.03. The quantitative estimate of drug-likeness (QED) is 0.714. The first-order chi connectivity index (χ1) is 9.27. The van der Waals surface area contributed by atoms with Crippen molar-refractivity contribution in [2.45, 2.75) is 6.92 Å². The van der Waals surface area contributed by atoms with Crippen LogP contribution in [0.4, 0.5) is 0 Å². The average Bonchev–Trinajstić information content (AvgIpc) is 2.82. The van der Waals surface area contributed by atoms with Gasteiger partial charge in [0.1, 0.15) is 0 Å². The van der Waals surface area contributed by atoms with Crippen LogP contribution in [0.25, 0.3) is 17.1 Å². The summed E-state index contributed by atoms with van der Waals surface area (Å²) in [6.45, 7) is 2.07. The van der Waals surface area contributed by atoms with Gasteiger partial charge in [0.05, 0.1) is 0 Å². The summed E-state index contributed by atoms with van der Waals surface area (Å²) >= 11 is 5.34. The molecule has 3 aromatic rings. The minimum atomic E-state index is 0.601. The van der Waals surface area contributed by atoms with E-state index in [0.29, 0.717) is 4.77 Å². The molecule has 94 valence electrons. The Morgan fingerprint density at radius 2 is 1.68 bits per heavy atom. The Morgan fingerprint density at radius 3 is 2.42 bits per heavy atom. The summed E-state index contributed by atoms with van der Waals surface area (Å²) in [6, 6.07) is 18.2. The van der Waals surface area contributed by atoms with Crippen molar-refractivity contribution in [2.75, 3.05) is 0 Å². The second-order valence-electron chi connectivity index (χ2n) is 4.34. The van der Waals surface area contributed by atoms with Gasteiger partial charge in [0.2, 0.25) is 0 Å². The number of aryl methyl sites for hydroxylation is 1. The smallest absolute Gasteiger partial charge is 0.200 e. The topological polar surface area (TPSA) is 33.6 Å². The van der Waals surface area contributed by atoms with E-state index in [1.165, 1.54) is 5.56 Å². The first-order valence-electron chi connectivity index (χ1n) is 6.06. The molecule has 0 aliphatic carbocycles. The lowest BCUT2D eigenvalue weighted by Crippen LogP contribution is -1.98. The van der Waals surface area contributed by atoms with Crippen LogP contribution in [0.3, 0.4) is 0 Å². The van der Waals surface area contributed by atoms with Gasteiger partial charge in [0, 0.05) is 11.3 Å². The van der Waals surface area contributed by atoms with Crippen LogP contribution in [0.5, 0.6) is 0 Å². The third-order valence-electron chi connectivity index (χ3n) is 3.07. The number of hydrogen-bond acceptors (Lipinski definition) is 2. The van der Waals surface area contributed by atoms with Gasteiger partial charge in [-0.15, -0.1) is 0 Å². The zero-order valence-electron chi connectivity index (χ0n) is 10.5. The van der Waals surface area contributed by atoms with E-state index in [2.05, 4.69) is 29.3 Å². The van der Waals surface area contributed by atoms with Crippen molar-refractivity contribution >= 4 is 12.2 Å². The molecule has 1 N–H and O–H groups in total. The van der Waals surface area contributed by atoms with Gasteiger partial charge in [0.15, 0.2) is 10.6 Å². The first-order valence-corrected chi connectivity index (χ1v) is 6.47. The molecule has 0 unspecified atom stereocenters. The Balaban J connectivity index is 2.26. The van der Waals surface area contributed by atoms with Crippen LogP contribution in [0.2, 0.25) is 0 Å². The molecule has 0 atom stereocenters. The van der Waals surface area contributed by atoms with Crippen LogP contribution in [0.15, 0.2) is 54.6 Å². The van der Waals surface area contributed by atoms with Crippen LogP contribution in [-0.4, -0.2) is 14.8 Å². The Labute approximate surface area is 116 Å². The van der Waals surface area contributed by atoms with E-state index in [1.807, 2.05) is 47.0 Å². The Morgan fingerprint density at radius 1 is 1.00 bits per heavy atom. The molecule has 0 radical (unpaired) electrons. The van der Waals surface area contributed by atoms with Gasteiger partial charge < -0.3 is 0 Å². The average molecular weight is 267 g/mol. The zero-order chi connectivity index (χ0) is 13.2. The fourth-order valence-electron chi connectivity index (χ4n) is 2.12. The van der Waals surface area contributed by atoms with E-state index >= 15 is 0 Å². The van der Waals surface area contributed by atoms with Gasteiger partial charge >= 0.3 is 0 Å². The highest BCUT2D eigenvalue weighted by Crippen LogP contribution is 2.24. The highest BCUT2D eigenvalue weighted by molar-refractivity contribution is 7.71. The molecule has 0 aliphatic rings. The standard InChI is InChI=1S/C15H13N3S/c1-11-7-5-6-10-13(11)14-16-17-15(19)18(14)12-8-3-2-4-9-12/h2-10H,1H3,(H,17,19). The van der Waals surface area contributed by atoms with Gasteiger partial charge in [-0.1, -0.05) is 42.5 Å². The number of rotatable bonds is 2. The number of nitrogens with one attached hydrogen (secondary N) is 1. The Bertz CT molecular complexity index is 756. The number of para-hydroxylation sites is 1. The zero-order valence-corrected chi connectivity index (χ0v) is 11.3. The SMILES string of the molecule is Cc1ccccc1-c1n[nH]c(=S)n1-c1ccccc1. The second-order valence-corrected chi connectivity index (χ2v) is 4.72. The number of aromatic amines is 1. The predicted octanol–water partition coefficient (Wildman–Crippen LogP) is 3.91. The maximum atomic E-state index is 5.34. The molecule has 0 saturated heterocycles. The molecule has 3 nitrogen and oxygen atoms in total. The fourth-order valence-corrected chi connectivity index (χ4v) is 2.36. The minimum Gasteiger partial charge on any atom is -0.268 e. The van der Waals surface area contributed by atoms with Crippen molar-refractivity contribution < 1.29 is 0 Å². The van der Waals surface area contributed by atoms with Crippen molar-refractivity contribution in [3.8, 4) is 17.1 Å². The van der Waals surface area contributed by atoms with Gasteiger partial charge in [-0.3, -0.25) is 9.67 Å². The van der Waals surface area contributed by atoms with Crippen LogP contribution in [-0.2, 0) is 0 Å². The molecular weight excluding hydrogens is 254 g/mol. The van der Waals surface area contributed by atoms with E-state index in [-0.39, 0.29) is 0 Å². The van der Waals surface area contributed by atoms with E-state index in [4.69, 9.17) is 12.2 Å². The van der Waals surface area contributed by atoms with Crippen molar-refractivity contribution in [1.29, 1.82) is 0 Å². The lowest BCUT2D eigenvalue weighted by atomic mass is 10.1. The molecule has 0 spiro atoms. The molecule has 0 aliphatic heterocycles. The fraction of sp³-hybridized carbons (Fsp3) is 0.0667. The van der Waals surface area contributed by atoms with Crippen molar-refractivity contribution in [3.63, 3.8) is 0 Å². The highest BCUT2D eigenvalue weighted by atomic mass is 32.1. The van der Waals surface area contributed by atoms with Crippen molar-refractivity contribution in [3.05, 3.63) is 64.9 Å². The molecule has 2 aromatic carbocycles. The molecule has 1 aromatic heterocycles. The van der Waals surface area contributed by atoms with Gasteiger partial charge in [-0.05, 0) is 36.8 Å². The molecule has 0 bridgehead atoms. The van der Waals surface area contributed by atoms with E-state index < -0.39 is 0 Å². The maximum absolute atomic E-state index is 5.34. The van der Waals surface area contributed by atoms with E-state index in [9.17, 15) is 0 Å². The summed E-state index contributed by atoms with van der Waals surface area (Å²) in [5.74, 6) is 0.842. The van der Waals surface area contributed by atoms with E-state index in [1.54, 1.807) is 0 Å². The second kappa shape index (κ2) is 4.82. The number of benzene rings is 2. The Kier molecular flexibility index (Phi) is 3.01. The summed E-state index contributed by atoms with van der Waals surface area (Å²) in [7, 11) is 0. The normalized spacial score (nSPS) is 10.6. The third-order valence-corrected chi connectivity index (χ3v) is 3.35. The van der Waals surface area contributed by atoms with Crippen molar-refractivity contribution in [1.82, 2.24) is 14.8 Å². The van der Waals surface area contributed by atoms with E-state index in [0.717, 1.165) is 17.1 Å². The minimum absolute atomic E-state index is 0.601. The van der Waals surface area contributed by atoms with Crippen molar-refractivity contribution in [2.24, 2.45) is 0 Å². The van der Waals surface area contributed by atoms with Gasteiger partial charge in [0.25, 0.3) is 0 Å². The molecule has 0 amide bonds. The van der Waals surface area contributed by atoms with Gasteiger partial charge in [-0.25, -0.2) is 0 Å². The Hall–Kier alpha value is -2.20.